The van der Waals surface area contributed by atoms with Crippen LogP contribution in [0.1, 0.15) is 18.9 Å². The number of H-pyrrole nitrogens is 1. The van der Waals surface area contributed by atoms with Crippen LogP contribution < -0.4 is 10.1 Å². The van der Waals surface area contributed by atoms with Gasteiger partial charge in [0.1, 0.15) is 11.3 Å². The van der Waals surface area contributed by atoms with Gasteiger partial charge in [-0.1, -0.05) is 6.07 Å². The fraction of sp³-hybridized carbons (Fsp3) is 0.385. The number of amides is 1. The molecule has 1 saturated heterocycles. The van der Waals surface area contributed by atoms with Gasteiger partial charge in [-0.15, -0.1) is 0 Å². The van der Waals surface area contributed by atoms with E-state index in [-0.39, 0.29) is 11.9 Å². The lowest BCUT2D eigenvalue weighted by molar-refractivity contribution is -0.122. The first-order valence-electron chi connectivity index (χ1n) is 6.24. The third-order valence-electron chi connectivity index (χ3n) is 3.54. The molecule has 1 aliphatic rings. The summed E-state index contributed by atoms with van der Waals surface area (Å²) in [6.45, 7) is 0.622. The highest BCUT2D eigenvalue weighted by Crippen LogP contribution is 2.29. The smallest absolute Gasteiger partial charge is 0.220 e. The van der Waals surface area contributed by atoms with Crippen molar-refractivity contribution in [2.45, 2.75) is 18.9 Å². The van der Waals surface area contributed by atoms with E-state index in [0.29, 0.717) is 17.7 Å². The van der Waals surface area contributed by atoms with Gasteiger partial charge in [0, 0.05) is 13.0 Å². The number of imidazole rings is 1. The second-order valence-corrected chi connectivity index (χ2v) is 5.04. The van der Waals surface area contributed by atoms with Crippen molar-refractivity contribution < 1.29 is 9.53 Å². The van der Waals surface area contributed by atoms with Gasteiger partial charge in [-0.25, -0.2) is 0 Å². The fourth-order valence-electron chi connectivity index (χ4n) is 2.60. The van der Waals surface area contributed by atoms with Crippen molar-refractivity contribution >= 4 is 29.2 Å². The van der Waals surface area contributed by atoms with Gasteiger partial charge in [0.2, 0.25) is 5.91 Å². The van der Waals surface area contributed by atoms with Crippen molar-refractivity contribution in [3.05, 3.63) is 23.0 Å². The van der Waals surface area contributed by atoms with Gasteiger partial charge in [-0.2, -0.15) is 0 Å². The van der Waals surface area contributed by atoms with Crippen molar-refractivity contribution in [1.82, 2.24) is 14.9 Å². The van der Waals surface area contributed by atoms with Crippen LogP contribution in [0, 0.1) is 4.77 Å². The second kappa shape index (κ2) is 4.70. The van der Waals surface area contributed by atoms with Crippen molar-refractivity contribution in [2.24, 2.45) is 0 Å². The topological polar surface area (TPSA) is 59.0 Å². The Morgan fingerprint density at radius 3 is 3.00 bits per heavy atom. The molecule has 0 aliphatic carbocycles. The Morgan fingerprint density at radius 2 is 2.32 bits per heavy atom. The highest BCUT2D eigenvalue weighted by atomic mass is 32.1. The number of nitrogens with zero attached hydrogens (tertiary/aromatic N) is 1. The molecule has 1 amide bonds. The van der Waals surface area contributed by atoms with Gasteiger partial charge in [0.05, 0.1) is 18.7 Å². The van der Waals surface area contributed by atoms with E-state index in [2.05, 4.69) is 14.9 Å². The number of hydrogen-bond donors (Lipinski definition) is 2. The van der Waals surface area contributed by atoms with Gasteiger partial charge in [0.25, 0.3) is 0 Å². The van der Waals surface area contributed by atoms with Crippen LogP contribution in [0.2, 0.25) is 0 Å². The number of para-hydroxylation sites is 1. The summed E-state index contributed by atoms with van der Waals surface area (Å²) < 4.78 is 8.08. The minimum atomic E-state index is 0.111. The Bertz CT molecular complexity index is 679. The molecule has 0 saturated carbocycles. The Labute approximate surface area is 115 Å². The molecule has 6 heteroatoms. The van der Waals surface area contributed by atoms with E-state index in [9.17, 15) is 4.79 Å². The van der Waals surface area contributed by atoms with Crippen molar-refractivity contribution in [3.8, 4) is 5.75 Å². The molecule has 1 aromatic carbocycles. The fourth-order valence-corrected chi connectivity index (χ4v) is 2.94. The van der Waals surface area contributed by atoms with Crippen molar-refractivity contribution in [1.29, 1.82) is 0 Å². The molecular formula is C13H15N3O2S. The van der Waals surface area contributed by atoms with E-state index in [4.69, 9.17) is 17.0 Å². The molecule has 100 valence electrons. The lowest BCUT2D eigenvalue weighted by Gasteiger charge is -2.24. The summed E-state index contributed by atoms with van der Waals surface area (Å²) >= 11 is 5.41. The summed E-state index contributed by atoms with van der Waals surface area (Å²) in [5.41, 5.74) is 1.93. The number of benzene rings is 1. The largest absolute Gasteiger partial charge is 0.494 e. The molecular weight excluding hydrogens is 262 g/mol. The summed E-state index contributed by atoms with van der Waals surface area (Å²) in [5.74, 6) is 0.891. The maximum atomic E-state index is 11.3. The molecule has 1 unspecified atom stereocenters. The molecule has 2 heterocycles. The average Bonchev–Trinajstić information content (AvgIpc) is 2.76. The summed E-state index contributed by atoms with van der Waals surface area (Å²) in [4.78, 5) is 14.4. The molecule has 0 radical (unpaired) electrons. The number of methoxy groups -OCH3 is 1. The van der Waals surface area contributed by atoms with E-state index in [1.54, 1.807) is 7.11 Å². The summed E-state index contributed by atoms with van der Waals surface area (Å²) in [7, 11) is 1.64. The van der Waals surface area contributed by atoms with Gasteiger partial charge in [-0.05, 0) is 30.8 Å². The Morgan fingerprint density at radius 1 is 1.47 bits per heavy atom. The number of rotatable bonds is 2. The van der Waals surface area contributed by atoms with E-state index in [1.807, 2.05) is 18.2 Å². The van der Waals surface area contributed by atoms with Crippen LogP contribution in [-0.2, 0) is 4.79 Å². The first-order chi connectivity index (χ1) is 9.20. The van der Waals surface area contributed by atoms with Gasteiger partial charge in [0.15, 0.2) is 4.77 Å². The number of carbonyl (C=O) groups excluding carboxylic acids is 1. The first kappa shape index (κ1) is 12.2. The minimum absolute atomic E-state index is 0.111. The van der Waals surface area contributed by atoms with Crippen LogP contribution in [0.4, 0.5) is 0 Å². The number of ether oxygens (including phenoxy) is 1. The molecule has 1 aliphatic heterocycles. The van der Waals surface area contributed by atoms with E-state index in [1.165, 1.54) is 0 Å². The first-order valence-corrected chi connectivity index (χ1v) is 6.65. The Balaban J connectivity index is 2.11. The van der Waals surface area contributed by atoms with E-state index >= 15 is 0 Å². The van der Waals surface area contributed by atoms with Crippen molar-refractivity contribution in [3.63, 3.8) is 0 Å². The monoisotopic (exact) mass is 277 g/mol. The number of aromatic amines is 1. The lowest BCUT2D eigenvalue weighted by atomic mass is 10.1. The molecule has 19 heavy (non-hydrogen) atoms. The number of fused-ring (bicyclic) bond motifs is 1. The third-order valence-corrected chi connectivity index (χ3v) is 3.84. The average molecular weight is 277 g/mol. The van der Waals surface area contributed by atoms with Gasteiger partial charge < -0.3 is 19.6 Å². The summed E-state index contributed by atoms with van der Waals surface area (Å²) in [5, 5.41) is 2.89. The Hall–Kier alpha value is -1.82. The summed E-state index contributed by atoms with van der Waals surface area (Å²) in [6, 6.07) is 6.06. The van der Waals surface area contributed by atoms with Crippen molar-refractivity contribution in [2.75, 3.05) is 13.7 Å². The van der Waals surface area contributed by atoms with Crippen LogP contribution in [-0.4, -0.2) is 29.1 Å². The number of carbonyl (C=O) groups is 1. The number of piperidine rings is 1. The molecule has 1 aromatic heterocycles. The molecule has 1 fully saturated rings. The normalized spacial score (nSPS) is 19.4. The standard InChI is InChI=1S/C13H15N3O2S/c1-18-10-4-2-3-9-12(10)15-13(19)16(9)8-5-6-11(17)14-7-8/h2-4,8H,5-7H2,1H3,(H,14,17)(H,15,19). The van der Waals surface area contributed by atoms with Crippen LogP contribution in [0.5, 0.6) is 5.75 Å². The molecule has 2 N–H and O–H groups in total. The predicted molar refractivity (Wildman–Crippen MR) is 75.0 cm³/mol. The maximum Gasteiger partial charge on any atom is 0.220 e. The quantitative estimate of drug-likeness (QED) is 0.827. The highest BCUT2D eigenvalue weighted by Gasteiger charge is 2.22. The predicted octanol–water partition coefficient (Wildman–Crippen LogP) is 2.16. The highest BCUT2D eigenvalue weighted by molar-refractivity contribution is 7.71. The van der Waals surface area contributed by atoms with E-state index in [0.717, 1.165) is 23.2 Å². The van der Waals surface area contributed by atoms with Crippen LogP contribution >= 0.6 is 12.2 Å². The Kier molecular flexibility index (Phi) is 3.02. The molecule has 2 aromatic rings. The lowest BCUT2D eigenvalue weighted by Crippen LogP contribution is -2.36. The molecule has 0 spiro atoms. The van der Waals surface area contributed by atoms with Crippen LogP contribution in [0.25, 0.3) is 11.0 Å². The zero-order valence-corrected chi connectivity index (χ0v) is 11.4. The number of hydrogen-bond acceptors (Lipinski definition) is 3. The molecule has 1 atom stereocenters. The third kappa shape index (κ3) is 2.02. The van der Waals surface area contributed by atoms with Gasteiger partial charge >= 0.3 is 0 Å². The zero-order valence-electron chi connectivity index (χ0n) is 10.6. The van der Waals surface area contributed by atoms with Crippen LogP contribution in [0.15, 0.2) is 18.2 Å². The van der Waals surface area contributed by atoms with Gasteiger partial charge in [-0.3, -0.25) is 4.79 Å². The van der Waals surface area contributed by atoms with Crippen LogP contribution in [0.3, 0.4) is 0 Å². The second-order valence-electron chi connectivity index (χ2n) is 4.65. The minimum Gasteiger partial charge on any atom is -0.494 e. The maximum absolute atomic E-state index is 11.3. The summed E-state index contributed by atoms with van der Waals surface area (Å²) in [6.07, 6.45) is 1.35. The zero-order chi connectivity index (χ0) is 13.4. The molecule has 3 rings (SSSR count). The number of nitrogens with one attached hydrogen (secondary N) is 2. The SMILES string of the molecule is COc1cccc2c1[nH]c(=S)n2C1CCC(=O)NC1. The van der Waals surface area contributed by atoms with E-state index < -0.39 is 0 Å². The number of aromatic nitrogens is 2. The molecule has 5 nitrogen and oxygen atoms in total. The molecule has 0 bridgehead atoms.